The minimum absolute atomic E-state index is 0.00213. The standard InChI is InChI=1S/C22H37ClO4S/c1-4-6-8-10-11-12-14-20-15-16-22(28(23,24)25)21(18-20)27-19(3)26-17-13-9-7-5-2/h15-16,18-19H,4-14,17H2,1-3H3. The summed E-state index contributed by atoms with van der Waals surface area (Å²) in [5.74, 6) is 0.277. The van der Waals surface area contributed by atoms with Crippen molar-refractivity contribution in [2.75, 3.05) is 6.61 Å². The number of benzene rings is 1. The molecule has 0 spiro atoms. The third-order valence-corrected chi connectivity index (χ3v) is 6.09. The summed E-state index contributed by atoms with van der Waals surface area (Å²) >= 11 is 0. The average molecular weight is 433 g/mol. The first kappa shape index (κ1) is 25.3. The van der Waals surface area contributed by atoms with Crippen molar-refractivity contribution < 1.29 is 17.9 Å². The van der Waals surface area contributed by atoms with Gasteiger partial charge in [0, 0.05) is 10.7 Å². The molecule has 0 heterocycles. The Balaban J connectivity index is 2.64. The molecule has 0 aliphatic heterocycles. The van der Waals surface area contributed by atoms with Crippen LogP contribution in [0.1, 0.15) is 90.5 Å². The second-order valence-corrected chi connectivity index (χ2v) is 9.89. The molecule has 0 amide bonds. The van der Waals surface area contributed by atoms with Crippen molar-refractivity contribution in [1.82, 2.24) is 0 Å². The molecule has 0 aliphatic carbocycles. The summed E-state index contributed by atoms with van der Waals surface area (Å²) in [5, 5.41) is 0. The molecule has 0 aliphatic rings. The largest absolute Gasteiger partial charge is 0.464 e. The van der Waals surface area contributed by atoms with Crippen LogP contribution in [0.15, 0.2) is 23.1 Å². The molecular weight excluding hydrogens is 396 g/mol. The molecule has 1 aromatic rings. The zero-order valence-electron chi connectivity index (χ0n) is 17.7. The lowest BCUT2D eigenvalue weighted by Crippen LogP contribution is -2.18. The van der Waals surface area contributed by atoms with E-state index in [1.165, 1.54) is 51.0 Å². The second kappa shape index (κ2) is 14.2. The highest BCUT2D eigenvalue weighted by molar-refractivity contribution is 8.13. The molecule has 1 atom stereocenters. The number of hydrogen-bond acceptors (Lipinski definition) is 4. The van der Waals surface area contributed by atoms with E-state index in [4.69, 9.17) is 20.2 Å². The summed E-state index contributed by atoms with van der Waals surface area (Å²) in [6.07, 6.45) is 12.2. The fourth-order valence-electron chi connectivity index (χ4n) is 3.10. The SMILES string of the molecule is CCCCCCCCc1ccc(S(=O)(=O)Cl)c(OC(C)OCCCCCC)c1. The maximum absolute atomic E-state index is 11.9. The van der Waals surface area contributed by atoms with E-state index in [1.54, 1.807) is 13.0 Å². The summed E-state index contributed by atoms with van der Waals surface area (Å²) in [5.41, 5.74) is 1.06. The van der Waals surface area contributed by atoms with E-state index >= 15 is 0 Å². The van der Waals surface area contributed by atoms with Gasteiger partial charge in [0.25, 0.3) is 9.05 Å². The maximum atomic E-state index is 11.9. The molecule has 0 saturated heterocycles. The van der Waals surface area contributed by atoms with Crippen LogP contribution in [0.25, 0.3) is 0 Å². The topological polar surface area (TPSA) is 52.6 Å². The fraction of sp³-hybridized carbons (Fsp3) is 0.727. The fourth-order valence-corrected chi connectivity index (χ4v) is 4.06. The molecule has 0 saturated carbocycles. The Kier molecular flexibility index (Phi) is 12.8. The van der Waals surface area contributed by atoms with Crippen molar-refractivity contribution in [2.45, 2.75) is 103 Å². The van der Waals surface area contributed by atoms with E-state index in [0.717, 1.165) is 31.2 Å². The molecule has 0 bridgehead atoms. The van der Waals surface area contributed by atoms with Gasteiger partial charge in [0.2, 0.25) is 0 Å². The van der Waals surface area contributed by atoms with Gasteiger partial charge in [0.05, 0.1) is 6.61 Å². The van der Waals surface area contributed by atoms with Crippen LogP contribution in [0.4, 0.5) is 0 Å². The molecule has 0 N–H and O–H groups in total. The van der Waals surface area contributed by atoms with Crippen LogP contribution < -0.4 is 4.74 Å². The molecule has 0 radical (unpaired) electrons. The normalized spacial score (nSPS) is 12.9. The van der Waals surface area contributed by atoms with Crippen LogP contribution in [0.3, 0.4) is 0 Å². The van der Waals surface area contributed by atoms with Crippen LogP contribution in [-0.4, -0.2) is 21.3 Å². The summed E-state index contributed by atoms with van der Waals surface area (Å²) in [6, 6.07) is 5.15. The second-order valence-electron chi connectivity index (χ2n) is 7.35. The summed E-state index contributed by atoms with van der Waals surface area (Å²) in [6.45, 7) is 6.76. The van der Waals surface area contributed by atoms with Gasteiger partial charge < -0.3 is 9.47 Å². The maximum Gasteiger partial charge on any atom is 0.264 e. The molecule has 0 fully saturated rings. The van der Waals surface area contributed by atoms with Gasteiger partial charge in [0.1, 0.15) is 10.6 Å². The highest BCUT2D eigenvalue weighted by Gasteiger charge is 2.19. The molecule has 6 heteroatoms. The number of ether oxygens (including phenoxy) is 2. The van der Waals surface area contributed by atoms with Gasteiger partial charge in [-0.1, -0.05) is 71.3 Å². The van der Waals surface area contributed by atoms with Gasteiger partial charge in [-0.15, -0.1) is 0 Å². The van der Waals surface area contributed by atoms with Gasteiger partial charge >= 0.3 is 0 Å². The lowest BCUT2D eigenvalue weighted by Gasteiger charge is -2.18. The highest BCUT2D eigenvalue weighted by atomic mass is 35.7. The Bertz CT molecular complexity index is 646. The van der Waals surface area contributed by atoms with Crippen LogP contribution in [0, 0.1) is 0 Å². The van der Waals surface area contributed by atoms with Crippen LogP contribution in [0.2, 0.25) is 0 Å². The molecule has 162 valence electrons. The Morgan fingerprint density at radius 2 is 1.54 bits per heavy atom. The smallest absolute Gasteiger partial charge is 0.264 e. The van der Waals surface area contributed by atoms with Crippen molar-refractivity contribution in [3.05, 3.63) is 23.8 Å². The van der Waals surface area contributed by atoms with Gasteiger partial charge in [-0.3, -0.25) is 0 Å². The van der Waals surface area contributed by atoms with Gasteiger partial charge in [0.15, 0.2) is 6.29 Å². The molecule has 4 nitrogen and oxygen atoms in total. The van der Waals surface area contributed by atoms with Crippen molar-refractivity contribution in [1.29, 1.82) is 0 Å². The van der Waals surface area contributed by atoms with E-state index in [9.17, 15) is 8.42 Å². The Morgan fingerprint density at radius 3 is 2.18 bits per heavy atom. The third kappa shape index (κ3) is 10.7. The third-order valence-electron chi connectivity index (χ3n) is 4.73. The zero-order chi connectivity index (χ0) is 20.8. The van der Waals surface area contributed by atoms with Gasteiger partial charge in [-0.2, -0.15) is 0 Å². The molecule has 1 rings (SSSR count). The minimum atomic E-state index is -3.87. The molecule has 1 unspecified atom stereocenters. The van der Waals surface area contributed by atoms with Crippen LogP contribution >= 0.6 is 10.7 Å². The van der Waals surface area contributed by atoms with Crippen molar-refractivity contribution in [2.24, 2.45) is 0 Å². The van der Waals surface area contributed by atoms with E-state index in [1.807, 2.05) is 6.07 Å². The Labute approximate surface area is 176 Å². The predicted molar refractivity (Wildman–Crippen MR) is 117 cm³/mol. The lowest BCUT2D eigenvalue weighted by atomic mass is 10.0. The first-order chi connectivity index (χ1) is 13.4. The first-order valence-electron chi connectivity index (χ1n) is 10.7. The lowest BCUT2D eigenvalue weighted by molar-refractivity contribution is -0.0691. The Hall–Kier alpha value is -0.780. The number of hydrogen-bond donors (Lipinski definition) is 0. The van der Waals surface area contributed by atoms with Crippen molar-refractivity contribution >= 4 is 19.7 Å². The monoisotopic (exact) mass is 432 g/mol. The van der Waals surface area contributed by atoms with E-state index in [0.29, 0.717) is 6.61 Å². The predicted octanol–water partition coefficient (Wildman–Crippen LogP) is 6.84. The molecule has 28 heavy (non-hydrogen) atoms. The molecule has 1 aromatic carbocycles. The number of halogens is 1. The zero-order valence-corrected chi connectivity index (χ0v) is 19.3. The molecule has 0 aromatic heterocycles. The van der Waals surface area contributed by atoms with E-state index in [2.05, 4.69) is 13.8 Å². The number of rotatable bonds is 16. The first-order valence-corrected chi connectivity index (χ1v) is 13.0. The number of aryl methyl sites for hydroxylation is 1. The van der Waals surface area contributed by atoms with E-state index < -0.39 is 15.3 Å². The summed E-state index contributed by atoms with van der Waals surface area (Å²) in [4.78, 5) is 0.00213. The van der Waals surface area contributed by atoms with Gasteiger partial charge in [-0.05, 0) is 43.9 Å². The Morgan fingerprint density at radius 1 is 0.929 bits per heavy atom. The minimum Gasteiger partial charge on any atom is -0.464 e. The summed E-state index contributed by atoms with van der Waals surface area (Å²) in [7, 11) is 1.72. The average Bonchev–Trinajstić information content (AvgIpc) is 2.63. The van der Waals surface area contributed by atoms with Crippen LogP contribution in [-0.2, 0) is 20.2 Å². The summed E-state index contributed by atoms with van der Waals surface area (Å²) < 4.78 is 35.2. The molecular formula is C22H37ClO4S. The van der Waals surface area contributed by atoms with E-state index in [-0.39, 0.29) is 10.6 Å². The van der Waals surface area contributed by atoms with Gasteiger partial charge in [-0.25, -0.2) is 8.42 Å². The quantitative estimate of drug-likeness (QED) is 0.163. The van der Waals surface area contributed by atoms with Crippen molar-refractivity contribution in [3.8, 4) is 5.75 Å². The van der Waals surface area contributed by atoms with Crippen molar-refractivity contribution in [3.63, 3.8) is 0 Å². The number of unbranched alkanes of at least 4 members (excludes halogenated alkanes) is 8. The highest BCUT2D eigenvalue weighted by Crippen LogP contribution is 2.30. The van der Waals surface area contributed by atoms with Crippen LogP contribution in [0.5, 0.6) is 5.75 Å².